The first-order valence-corrected chi connectivity index (χ1v) is 5.53. The lowest BCUT2D eigenvalue weighted by Gasteiger charge is -2.15. The van der Waals surface area contributed by atoms with E-state index in [9.17, 15) is 9.59 Å². The highest BCUT2D eigenvalue weighted by atomic mass is 32.1. The van der Waals surface area contributed by atoms with Gasteiger partial charge in [0.25, 0.3) is 0 Å². The van der Waals surface area contributed by atoms with Gasteiger partial charge in [-0.15, -0.1) is 0 Å². The van der Waals surface area contributed by atoms with Crippen molar-refractivity contribution in [3.05, 3.63) is 30.3 Å². The van der Waals surface area contributed by atoms with Gasteiger partial charge in [0.2, 0.25) is 5.91 Å². The number of carboxylic acid groups (broad SMARTS) is 1. The summed E-state index contributed by atoms with van der Waals surface area (Å²) in [7, 11) is 0. The Morgan fingerprint density at radius 3 is 2.44 bits per heavy atom. The number of nitrogens with two attached hydrogens (primary N) is 1. The molecule has 0 aliphatic heterocycles. The van der Waals surface area contributed by atoms with Crippen LogP contribution in [0.25, 0.3) is 0 Å². The number of para-hydroxylation sites is 1. The monoisotopic (exact) mass is 267 g/mol. The van der Waals surface area contributed by atoms with Crippen LogP contribution in [0.4, 0.5) is 5.69 Å². The summed E-state index contributed by atoms with van der Waals surface area (Å²) in [6.45, 7) is 0. The third kappa shape index (κ3) is 4.79. The van der Waals surface area contributed by atoms with Crippen molar-refractivity contribution in [1.29, 1.82) is 0 Å². The number of carboxylic acids is 1. The molecule has 0 saturated heterocycles. The first-order chi connectivity index (χ1) is 8.49. The van der Waals surface area contributed by atoms with Gasteiger partial charge in [0.15, 0.2) is 5.11 Å². The summed E-state index contributed by atoms with van der Waals surface area (Å²) in [5.41, 5.74) is 5.67. The number of rotatable bonds is 5. The largest absolute Gasteiger partial charge is 0.480 e. The Labute approximate surface area is 109 Å². The normalized spacial score (nSPS) is 11.3. The van der Waals surface area contributed by atoms with E-state index in [4.69, 9.17) is 23.1 Å². The Bertz CT molecular complexity index is 450. The van der Waals surface area contributed by atoms with Crippen LogP contribution in [0.15, 0.2) is 30.3 Å². The molecule has 96 valence electrons. The molecular formula is C11H13N3O3S. The summed E-state index contributed by atoms with van der Waals surface area (Å²) in [5, 5.41) is 14.3. The van der Waals surface area contributed by atoms with Crippen LogP contribution in [0.2, 0.25) is 0 Å². The van der Waals surface area contributed by atoms with Gasteiger partial charge in [0.1, 0.15) is 6.04 Å². The lowest BCUT2D eigenvalue weighted by atomic mass is 10.2. The van der Waals surface area contributed by atoms with E-state index in [2.05, 4.69) is 10.6 Å². The molecule has 0 fully saturated rings. The third-order valence-corrected chi connectivity index (χ3v) is 2.26. The second-order valence-electron chi connectivity index (χ2n) is 3.53. The minimum absolute atomic E-state index is 0.120. The fourth-order valence-corrected chi connectivity index (χ4v) is 1.51. The Morgan fingerprint density at radius 1 is 1.33 bits per heavy atom. The summed E-state index contributed by atoms with van der Waals surface area (Å²) in [4.78, 5) is 21.6. The Morgan fingerprint density at radius 2 is 1.94 bits per heavy atom. The molecule has 7 heteroatoms. The van der Waals surface area contributed by atoms with E-state index < -0.39 is 17.9 Å². The maximum Gasteiger partial charge on any atom is 0.326 e. The summed E-state index contributed by atoms with van der Waals surface area (Å²) in [6.07, 6.45) is -0.327. The van der Waals surface area contributed by atoms with Gasteiger partial charge in [0.05, 0.1) is 6.42 Å². The lowest BCUT2D eigenvalue weighted by molar-refractivity contribution is -0.140. The quantitative estimate of drug-likeness (QED) is 0.572. The van der Waals surface area contributed by atoms with E-state index in [1.807, 2.05) is 18.2 Å². The zero-order chi connectivity index (χ0) is 13.5. The number of aliphatic carboxylic acids is 1. The molecule has 5 N–H and O–H groups in total. The average Bonchev–Trinajstić information content (AvgIpc) is 2.28. The number of hydrogen-bond donors (Lipinski definition) is 4. The molecule has 0 unspecified atom stereocenters. The average molecular weight is 267 g/mol. The predicted molar refractivity (Wildman–Crippen MR) is 71.0 cm³/mol. The van der Waals surface area contributed by atoms with E-state index in [0.717, 1.165) is 5.69 Å². The Kier molecular flexibility index (Phi) is 5.06. The second-order valence-corrected chi connectivity index (χ2v) is 3.93. The highest BCUT2D eigenvalue weighted by Gasteiger charge is 2.20. The van der Waals surface area contributed by atoms with Gasteiger partial charge >= 0.3 is 5.97 Å². The number of carbonyl (C=O) groups excluding carboxylic acids is 1. The van der Waals surface area contributed by atoms with Crippen LogP contribution in [-0.2, 0) is 9.59 Å². The number of nitrogens with one attached hydrogen (secondary N) is 2. The maximum atomic E-state index is 10.9. The van der Waals surface area contributed by atoms with Gasteiger partial charge < -0.3 is 21.5 Å². The molecule has 0 bridgehead atoms. The topological polar surface area (TPSA) is 104 Å². The van der Waals surface area contributed by atoms with E-state index in [0.29, 0.717) is 0 Å². The van der Waals surface area contributed by atoms with Crippen molar-refractivity contribution in [3.63, 3.8) is 0 Å². The molecule has 18 heavy (non-hydrogen) atoms. The minimum atomic E-state index is -1.19. The van der Waals surface area contributed by atoms with Crippen molar-refractivity contribution in [3.8, 4) is 0 Å². The second kappa shape index (κ2) is 6.55. The zero-order valence-electron chi connectivity index (χ0n) is 9.42. The maximum absolute atomic E-state index is 10.9. The van der Waals surface area contributed by atoms with Gasteiger partial charge in [-0.3, -0.25) is 4.79 Å². The van der Waals surface area contributed by atoms with Crippen LogP contribution in [0, 0.1) is 0 Å². The highest BCUT2D eigenvalue weighted by molar-refractivity contribution is 7.80. The van der Waals surface area contributed by atoms with E-state index >= 15 is 0 Å². The van der Waals surface area contributed by atoms with Crippen molar-refractivity contribution < 1.29 is 14.7 Å². The smallest absolute Gasteiger partial charge is 0.326 e. The van der Waals surface area contributed by atoms with Crippen LogP contribution in [0.1, 0.15) is 6.42 Å². The summed E-state index contributed by atoms with van der Waals surface area (Å²) >= 11 is 4.95. The number of hydrogen-bond acceptors (Lipinski definition) is 3. The zero-order valence-corrected chi connectivity index (χ0v) is 10.2. The Hall–Kier alpha value is -2.15. The fraction of sp³-hybridized carbons (Fsp3) is 0.182. The molecule has 0 spiro atoms. The lowest BCUT2D eigenvalue weighted by Crippen LogP contribution is -2.45. The molecule has 1 aromatic carbocycles. The third-order valence-electron chi connectivity index (χ3n) is 2.04. The number of benzene rings is 1. The molecular weight excluding hydrogens is 254 g/mol. The van der Waals surface area contributed by atoms with Gasteiger partial charge in [0, 0.05) is 5.69 Å². The standard InChI is InChI=1S/C11H13N3O3S/c12-9(15)6-8(10(16)17)14-11(18)13-7-4-2-1-3-5-7/h1-5,8H,6H2,(H2,12,15)(H,16,17)(H2,13,14,18)/t8-/m1/s1. The first-order valence-electron chi connectivity index (χ1n) is 5.12. The van der Waals surface area contributed by atoms with Crippen LogP contribution in [-0.4, -0.2) is 28.1 Å². The molecule has 0 aromatic heterocycles. The van der Waals surface area contributed by atoms with Crippen molar-refractivity contribution in [2.24, 2.45) is 5.73 Å². The first kappa shape index (κ1) is 13.9. The van der Waals surface area contributed by atoms with Crippen LogP contribution in [0.5, 0.6) is 0 Å². The van der Waals surface area contributed by atoms with E-state index in [-0.39, 0.29) is 11.5 Å². The molecule has 0 heterocycles. The summed E-state index contributed by atoms with van der Waals surface area (Å²) in [6, 6.07) is 7.88. The number of amides is 1. The predicted octanol–water partition coefficient (Wildman–Crippen LogP) is 0.302. The minimum Gasteiger partial charge on any atom is -0.480 e. The van der Waals surface area contributed by atoms with Gasteiger partial charge in [-0.1, -0.05) is 18.2 Å². The SMILES string of the molecule is NC(=O)C[C@@H](NC(=S)Nc1ccccc1)C(=O)O. The van der Waals surface area contributed by atoms with Gasteiger partial charge in [-0.05, 0) is 24.4 Å². The van der Waals surface area contributed by atoms with Crippen LogP contribution < -0.4 is 16.4 Å². The molecule has 1 rings (SSSR count). The summed E-state index contributed by atoms with van der Waals surface area (Å²) < 4.78 is 0. The van der Waals surface area contributed by atoms with Gasteiger partial charge in [-0.25, -0.2) is 4.79 Å². The number of primary amides is 1. The number of anilines is 1. The molecule has 1 amide bonds. The summed E-state index contributed by atoms with van der Waals surface area (Å²) in [5.74, 6) is -1.90. The van der Waals surface area contributed by atoms with Crippen molar-refractivity contribution in [2.45, 2.75) is 12.5 Å². The van der Waals surface area contributed by atoms with Gasteiger partial charge in [-0.2, -0.15) is 0 Å². The molecule has 0 radical (unpaired) electrons. The molecule has 6 nitrogen and oxygen atoms in total. The molecule has 0 aliphatic carbocycles. The Balaban J connectivity index is 2.56. The molecule has 0 saturated carbocycles. The van der Waals surface area contributed by atoms with E-state index in [1.165, 1.54) is 0 Å². The number of carbonyl (C=O) groups is 2. The molecule has 0 aliphatic rings. The molecule has 1 aromatic rings. The van der Waals surface area contributed by atoms with E-state index in [1.54, 1.807) is 12.1 Å². The van der Waals surface area contributed by atoms with Crippen molar-refractivity contribution in [1.82, 2.24) is 5.32 Å². The molecule has 1 atom stereocenters. The fourth-order valence-electron chi connectivity index (χ4n) is 1.25. The van der Waals surface area contributed by atoms with Crippen molar-refractivity contribution in [2.75, 3.05) is 5.32 Å². The van der Waals surface area contributed by atoms with Crippen molar-refractivity contribution >= 4 is 34.9 Å². The van der Waals surface area contributed by atoms with Crippen LogP contribution >= 0.6 is 12.2 Å². The highest BCUT2D eigenvalue weighted by Crippen LogP contribution is 2.04. The number of thiocarbonyl (C=S) groups is 1. The van der Waals surface area contributed by atoms with Crippen LogP contribution in [0.3, 0.4) is 0 Å².